The second-order valence-corrected chi connectivity index (χ2v) is 7.70. The zero-order valence-electron chi connectivity index (χ0n) is 11.3. The third-order valence-corrected chi connectivity index (χ3v) is 6.06. The van der Waals surface area contributed by atoms with Gasteiger partial charge in [0.1, 0.15) is 0 Å². The van der Waals surface area contributed by atoms with Crippen LogP contribution < -0.4 is 5.32 Å². The molecule has 0 radical (unpaired) electrons. The molecule has 4 atom stereocenters. The van der Waals surface area contributed by atoms with Crippen molar-refractivity contribution >= 4 is 11.8 Å². The first-order valence-electron chi connectivity index (χ1n) is 6.84. The predicted octanol–water partition coefficient (Wildman–Crippen LogP) is 3.54. The number of nitrogens with one attached hydrogen (secondary N) is 1. The summed E-state index contributed by atoms with van der Waals surface area (Å²) >= 11 is 2.13. The van der Waals surface area contributed by atoms with E-state index in [-0.39, 0.29) is 0 Å². The Balaban J connectivity index is 1.93. The van der Waals surface area contributed by atoms with Crippen LogP contribution in [0.15, 0.2) is 0 Å². The molecule has 2 heteroatoms. The molecule has 0 aromatic heterocycles. The van der Waals surface area contributed by atoms with Crippen LogP contribution in [0.4, 0.5) is 0 Å². The first-order chi connectivity index (χ1) is 7.50. The number of hydrogen-bond acceptors (Lipinski definition) is 2. The molecule has 1 N–H and O–H groups in total. The largest absolute Gasteiger partial charge is 0.310 e. The summed E-state index contributed by atoms with van der Waals surface area (Å²) in [7, 11) is 0. The molecule has 0 bridgehead atoms. The summed E-state index contributed by atoms with van der Waals surface area (Å²) in [6.45, 7) is 9.71. The van der Waals surface area contributed by atoms with Gasteiger partial charge in [0.15, 0.2) is 0 Å². The van der Waals surface area contributed by atoms with Crippen molar-refractivity contribution in [2.75, 3.05) is 11.5 Å². The predicted molar refractivity (Wildman–Crippen MR) is 74.0 cm³/mol. The minimum absolute atomic E-state index is 0.497. The van der Waals surface area contributed by atoms with Gasteiger partial charge in [0, 0.05) is 17.8 Å². The molecule has 0 aromatic carbocycles. The molecular weight excluding hydrogens is 214 g/mol. The summed E-state index contributed by atoms with van der Waals surface area (Å²) in [4.78, 5) is 0. The second kappa shape index (κ2) is 4.89. The van der Waals surface area contributed by atoms with Crippen LogP contribution in [0.5, 0.6) is 0 Å². The fraction of sp³-hybridized carbons (Fsp3) is 1.00. The molecule has 1 saturated carbocycles. The van der Waals surface area contributed by atoms with Crippen LogP contribution in [-0.4, -0.2) is 23.6 Å². The average Bonchev–Trinajstić information content (AvgIpc) is 2.53. The van der Waals surface area contributed by atoms with Crippen molar-refractivity contribution in [2.45, 2.75) is 59.0 Å². The van der Waals surface area contributed by atoms with Gasteiger partial charge in [-0.25, -0.2) is 0 Å². The van der Waals surface area contributed by atoms with E-state index in [4.69, 9.17) is 0 Å². The van der Waals surface area contributed by atoms with E-state index in [1.165, 1.54) is 30.8 Å². The molecule has 1 heterocycles. The monoisotopic (exact) mass is 241 g/mol. The van der Waals surface area contributed by atoms with Gasteiger partial charge in [0.2, 0.25) is 0 Å². The van der Waals surface area contributed by atoms with Crippen molar-refractivity contribution in [3.05, 3.63) is 0 Å². The lowest BCUT2D eigenvalue weighted by molar-refractivity contribution is 0.211. The SMILES string of the molecule is CC1CCC(NC2CSCCC2(C)C)C1C. The molecule has 1 nitrogen and oxygen atoms in total. The van der Waals surface area contributed by atoms with E-state index in [1.807, 2.05) is 0 Å². The van der Waals surface area contributed by atoms with Crippen LogP contribution in [0.3, 0.4) is 0 Å². The van der Waals surface area contributed by atoms with Gasteiger partial charge in [0.05, 0.1) is 0 Å². The lowest BCUT2D eigenvalue weighted by Gasteiger charge is -2.41. The first-order valence-corrected chi connectivity index (χ1v) is 8.00. The van der Waals surface area contributed by atoms with E-state index in [0.717, 1.165) is 23.9 Å². The highest BCUT2D eigenvalue weighted by atomic mass is 32.2. The highest BCUT2D eigenvalue weighted by Gasteiger charge is 2.37. The molecule has 94 valence electrons. The molecule has 1 saturated heterocycles. The zero-order valence-corrected chi connectivity index (χ0v) is 12.1. The summed E-state index contributed by atoms with van der Waals surface area (Å²) < 4.78 is 0. The van der Waals surface area contributed by atoms with Crippen LogP contribution in [0.1, 0.15) is 47.0 Å². The van der Waals surface area contributed by atoms with Gasteiger partial charge in [0.25, 0.3) is 0 Å². The summed E-state index contributed by atoms with van der Waals surface area (Å²) in [5, 5.41) is 3.97. The smallest absolute Gasteiger partial charge is 0.0212 e. The fourth-order valence-electron chi connectivity index (χ4n) is 3.07. The van der Waals surface area contributed by atoms with Crippen LogP contribution in [0, 0.1) is 17.3 Å². The Bertz CT molecular complexity index is 239. The van der Waals surface area contributed by atoms with Gasteiger partial charge in [-0.1, -0.05) is 27.7 Å². The number of hydrogen-bond donors (Lipinski definition) is 1. The third-order valence-electron chi connectivity index (χ3n) is 5.00. The Morgan fingerprint density at radius 3 is 2.50 bits per heavy atom. The van der Waals surface area contributed by atoms with E-state index in [1.54, 1.807) is 0 Å². The van der Waals surface area contributed by atoms with E-state index in [0.29, 0.717) is 5.41 Å². The normalized spacial score (nSPS) is 43.5. The van der Waals surface area contributed by atoms with Gasteiger partial charge >= 0.3 is 0 Å². The molecule has 0 spiro atoms. The van der Waals surface area contributed by atoms with Gasteiger partial charge in [-0.2, -0.15) is 11.8 Å². The minimum atomic E-state index is 0.497. The minimum Gasteiger partial charge on any atom is -0.310 e. The summed E-state index contributed by atoms with van der Waals surface area (Å²) in [6.07, 6.45) is 4.17. The van der Waals surface area contributed by atoms with Crippen molar-refractivity contribution in [1.29, 1.82) is 0 Å². The first kappa shape index (κ1) is 12.8. The summed E-state index contributed by atoms with van der Waals surface area (Å²) in [6, 6.07) is 1.50. The standard InChI is InChI=1S/C14H27NS/c1-10-5-6-12(11(10)2)15-13-9-16-8-7-14(13,3)4/h10-13,15H,5-9H2,1-4H3. The van der Waals surface area contributed by atoms with Crippen LogP contribution in [-0.2, 0) is 0 Å². The Labute approximate surface area is 105 Å². The average molecular weight is 241 g/mol. The highest BCUT2D eigenvalue weighted by molar-refractivity contribution is 7.99. The zero-order chi connectivity index (χ0) is 11.8. The van der Waals surface area contributed by atoms with Crippen LogP contribution >= 0.6 is 11.8 Å². The Hall–Kier alpha value is 0.310. The Morgan fingerprint density at radius 1 is 1.19 bits per heavy atom. The summed E-state index contributed by atoms with van der Waals surface area (Å²) in [5.41, 5.74) is 0.497. The van der Waals surface area contributed by atoms with Gasteiger partial charge in [-0.05, 0) is 42.3 Å². The van der Waals surface area contributed by atoms with Crippen molar-refractivity contribution < 1.29 is 0 Å². The molecular formula is C14H27NS. The lowest BCUT2D eigenvalue weighted by Crippen LogP contribution is -2.51. The number of thioether (sulfide) groups is 1. The molecule has 1 aliphatic carbocycles. The molecule has 2 fully saturated rings. The Morgan fingerprint density at radius 2 is 1.94 bits per heavy atom. The summed E-state index contributed by atoms with van der Waals surface area (Å²) in [5.74, 6) is 4.44. The maximum Gasteiger partial charge on any atom is 0.0212 e. The van der Waals surface area contributed by atoms with Crippen molar-refractivity contribution in [3.63, 3.8) is 0 Å². The van der Waals surface area contributed by atoms with Gasteiger partial charge in [-0.15, -0.1) is 0 Å². The maximum absolute atomic E-state index is 3.97. The van der Waals surface area contributed by atoms with E-state index in [2.05, 4.69) is 44.8 Å². The maximum atomic E-state index is 3.97. The Kier molecular flexibility index (Phi) is 3.90. The molecule has 0 amide bonds. The molecule has 2 aliphatic rings. The lowest BCUT2D eigenvalue weighted by atomic mass is 9.81. The second-order valence-electron chi connectivity index (χ2n) is 6.55. The fourth-order valence-corrected chi connectivity index (χ4v) is 4.69. The molecule has 16 heavy (non-hydrogen) atoms. The van der Waals surface area contributed by atoms with E-state index < -0.39 is 0 Å². The number of rotatable bonds is 2. The van der Waals surface area contributed by atoms with E-state index >= 15 is 0 Å². The molecule has 1 aliphatic heterocycles. The quantitative estimate of drug-likeness (QED) is 0.793. The van der Waals surface area contributed by atoms with Crippen molar-refractivity contribution in [1.82, 2.24) is 5.32 Å². The third kappa shape index (κ3) is 2.59. The van der Waals surface area contributed by atoms with Gasteiger partial charge in [-0.3, -0.25) is 0 Å². The van der Waals surface area contributed by atoms with Crippen molar-refractivity contribution in [3.8, 4) is 0 Å². The van der Waals surface area contributed by atoms with Gasteiger partial charge < -0.3 is 5.32 Å². The topological polar surface area (TPSA) is 12.0 Å². The van der Waals surface area contributed by atoms with E-state index in [9.17, 15) is 0 Å². The van der Waals surface area contributed by atoms with Crippen LogP contribution in [0.2, 0.25) is 0 Å². The molecule has 0 aromatic rings. The van der Waals surface area contributed by atoms with Crippen molar-refractivity contribution in [2.24, 2.45) is 17.3 Å². The van der Waals surface area contributed by atoms with Crippen LogP contribution in [0.25, 0.3) is 0 Å². The highest BCUT2D eigenvalue weighted by Crippen LogP contribution is 2.37. The molecule has 4 unspecified atom stereocenters. The molecule has 2 rings (SSSR count).